The van der Waals surface area contributed by atoms with Crippen LogP contribution in [-0.2, 0) is 10.0 Å². The third-order valence-electron chi connectivity index (χ3n) is 3.17. The number of methoxy groups -OCH3 is 1. The number of nitrogens with zero attached hydrogens (tertiary/aromatic N) is 4. The van der Waals surface area contributed by atoms with Gasteiger partial charge >= 0.3 is 12.0 Å². The van der Waals surface area contributed by atoms with Crippen LogP contribution in [0.2, 0.25) is 0 Å². The van der Waals surface area contributed by atoms with E-state index in [-0.39, 0.29) is 23.3 Å². The molecule has 0 saturated carbocycles. The summed E-state index contributed by atoms with van der Waals surface area (Å²) in [4.78, 5) is 27.0. The molecule has 2 rings (SSSR count). The van der Waals surface area contributed by atoms with Crippen LogP contribution < -0.4 is 14.8 Å². The molecule has 0 radical (unpaired) electrons. The fraction of sp³-hybridized carbons (Fsp3) is 0.357. The summed E-state index contributed by atoms with van der Waals surface area (Å²) in [6.45, 7) is 2.58. The number of aliphatic hydroxyl groups is 1. The van der Waals surface area contributed by atoms with E-state index in [2.05, 4.69) is 25.3 Å². The van der Waals surface area contributed by atoms with Crippen LogP contribution in [0.1, 0.15) is 24.4 Å². The highest BCUT2D eigenvalue weighted by Crippen LogP contribution is 2.24. The molecule has 0 saturated heterocycles. The molecule has 2 atom stereocenters. The molecule has 2 heterocycles. The van der Waals surface area contributed by atoms with E-state index in [0.717, 1.165) is 13.1 Å². The number of hydrogen-bond acceptors (Lipinski definition) is 9. The lowest BCUT2D eigenvalue weighted by Crippen LogP contribution is -2.36. The standard InChI is InChI=1S/C14H17FN6O5S/c1-7(15)10(22)9-5-4-6-16-11(9)27(24,25)21-13(23)19-12-17-8(2)18-14(20-12)26-3/h4-7,10,22H,1-3H3,(H2,17,18,19,20,21,23). The molecular formula is C14H17FN6O5S. The number of anilines is 1. The van der Waals surface area contributed by atoms with Gasteiger partial charge < -0.3 is 9.84 Å². The van der Waals surface area contributed by atoms with Gasteiger partial charge in [-0.05, 0) is 19.9 Å². The first-order chi connectivity index (χ1) is 12.6. The van der Waals surface area contributed by atoms with Crippen LogP contribution in [0.25, 0.3) is 0 Å². The smallest absolute Gasteiger partial charge is 0.335 e. The van der Waals surface area contributed by atoms with Crippen molar-refractivity contribution in [3.8, 4) is 6.01 Å². The minimum absolute atomic E-state index is 0.0762. The molecule has 2 unspecified atom stereocenters. The molecule has 146 valence electrons. The maximum absolute atomic E-state index is 13.4. The van der Waals surface area contributed by atoms with Crippen molar-refractivity contribution in [1.29, 1.82) is 0 Å². The van der Waals surface area contributed by atoms with E-state index < -0.39 is 33.4 Å². The fourth-order valence-corrected chi connectivity index (χ4v) is 3.09. The fourth-order valence-electron chi connectivity index (χ4n) is 2.00. The molecule has 11 nitrogen and oxygen atoms in total. The SMILES string of the molecule is COc1nc(C)nc(NC(=O)NS(=O)(=O)c2ncccc2C(O)C(C)F)n1. The first kappa shape index (κ1) is 20.4. The molecular weight excluding hydrogens is 383 g/mol. The van der Waals surface area contributed by atoms with Crippen molar-refractivity contribution in [1.82, 2.24) is 24.7 Å². The number of aromatic nitrogens is 4. The molecule has 0 aliphatic rings. The summed E-state index contributed by atoms with van der Waals surface area (Å²) in [6.07, 6.45) is -2.35. The number of urea groups is 1. The number of hydrogen-bond donors (Lipinski definition) is 3. The van der Waals surface area contributed by atoms with Crippen LogP contribution in [-0.4, -0.2) is 52.8 Å². The molecule has 0 bridgehead atoms. The molecule has 3 N–H and O–H groups in total. The van der Waals surface area contributed by atoms with Crippen LogP contribution in [0, 0.1) is 6.92 Å². The number of aliphatic hydroxyl groups excluding tert-OH is 1. The van der Waals surface area contributed by atoms with E-state index in [0.29, 0.717) is 0 Å². The average Bonchev–Trinajstić information content (AvgIpc) is 2.59. The van der Waals surface area contributed by atoms with Gasteiger partial charge in [0, 0.05) is 11.8 Å². The van der Waals surface area contributed by atoms with Crippen molar-refractivity contribution < 1.29 is 27.4 Å². The Kier molecular flexibility index (Phi) is 6.17. The van der Waals surface area contributed by atoms with Gasteiger partial charge in [-0.1, -0.05) is 6.07 Å². The summed E-state index contributed by atoms with van der Waals surface area (Å²) < 4.78 is 44.8. The molecule has 2 aromatic rings. The lowest BCUT2D eigenvalue weighted by molar-refractivity contribution is 0.0853. The molecule has 2 aromatic heterocycles. The van der Waals surface area contributed by atoms with Crippen LogP contribution in [0.3, 0.4) is 0 Å². The Labute approximate surface area is 154 Å². The number of halogens is 1. The van der Waals surface area contributed by atoms with Gasteiger partial charge in [-0.25, -0.2) is 18.9 Å². The summed E-state index contributed by atoms with van der Waals surface area (Å²) in [5.74, 6) is -0.0159. The first-order valence-corrected chi connectivity index (χ1v) is 9.00. The summed E-state index contributed by atoms with van der Waals surface area (Å²) in [6, 6.07) is 1.26. The van der Waals surface area contributed by atoms with Gasteiger partial charge in [0.05, 0.1) is 7.11 Å². The molecule has 0 aliphatic heterocycles. The van der Waals surface area contributed by atoms with Gasteiger partial charge in [0.15, 0.2) is 5.03 Å². The second kappa shape index (κ2) is 8.18. The van der Waals surface area contributed by atoms with Crippen molar-refractivity contribution >= 4 is 22.0 Å². The predicted molar refractivity (Wildman–Crippen MR) is 90.2 cm³/mol. The van der Waals surface area contributed by atoms with Crippen molar-refractivity contribution in [3.63, 3.8) is 0 Å². The van der Waals surface area contributed by atoms with Crippen molar-refractivity contribution in [3.05, 3.63) is 29.7 Å². The number of pyridine rings is 1. The Morgan fingerprint density at radius 1 is 1.33 bits per heavy atom. The van der Waals surface area contributed by atoms with Gasteiger partial charge in [-0.3, -0.25) is 5.32 Å². The van der Waals surface area contributed by atoms with E-state index in [4.69, 9.17) is 4.74 Å². The van der Waals surface area contributed by atoms with E-state index in [1.807, 2.05) is 0 Å². The Hall–Kier alpha value is -2.93. The second-order valence-corrected chi connectivity index (χ2v) is 6.87. The van der Waals surface area contributed by atoms with E-state index in [1.54, 1.807) is 4.72 Å². The Balaban J connectivity index is 2.24. The van der Waals surface area contributed by atoms with E-state index >= 15 is 0 Å². The average molecular weight is 400 g/mol. The predicted octanol–water partition coefficient (Wildman–Crippen LogP) is 0.485. The number of nitrogens with one attached hydrogen (secondary N) is 2. The maximum Gasteiger partial charge on any atom is 0.335 e. The van der Waals surface area contributed by atoms with Crippen LogP contribution in [0.5, 0.6) is 6.01 Å². The first-order valence-electron chi connectivity index (χ1n) is 7.51. The van der Waals surface area contributed by atoms with Crippen LogP contribution in [0.15, 0.2) is 23.4 Å². The molecule has 2 amide bonds. The molecule has 0 aromatic carbocycles. The van der Waals surface area contributed by atoms with E-state index in [9.17, 15) is 22.7 Å². The maximum atomic E-state index is 13.4. The van der Waals surface area contributed by atoms with Crippen LogP contribution in [0.4, 0.5) is 15.1 Å². The number of ether oxygens (including phenoxy) is 1. The summed E-state index contributed by atoms with van der Waals surface area (Å²) in [5.41, 5.74) is -0.287. The zero-order valence-electron chi connectivity index (χ0n) is 14.5. The van der Waals surface area contributed by atoms with E-state index in [1.165, 1.54) is 26.2 Å². The monoisotopic (exact) mass is 400 g/mol. The third-order valence-corrected chi connectivity index (χ3v) is 4.47. The number of carbonyl (C=O) groups is 1. The topological polar surface area (TPSA) is 156 Å². The lowest BCUT2D eigenvalue weighted by Gasteiger charge is -2.16. The number of aryl methyl sites for hydroxylation is 1. The Morgan fingerprint density at radius 3 is 2.67 bits per heavy atom. The molecule has 13 heteroatoms. The second-order valence-electron chi connectivity index (χ2n) is 5.27. The minimum Gasteiger partial charge on any atom is -0.467 e. The normalized spacial score (nSPS) is 13.5. The summed E-state index contributed by atoms with van der Waals surface area (Å²) in [7, 11) is -3.21. The molecule has 0 aliphatic carbocycles. The summed E-state index contributed by atoms with van der Waals surface area (Å²) >= 11 is 0. The highest BCUT2D eigenvalue weighted by molar-refractivity contribution is 7.90. The molecule has 0 fully saturated rings. The quantitative estimate of drug-likeness (QED) is 0.627. The van der Waals surface area contributed by atoms with Crippen molar-refractivity contribution in [2.24, 2.45) is 0 Å². The highest BCUT2D eigenvalue weighted by atomic mass is 32.2. The number of sulfonamides is 1. The van der Waals surface area contributed by atoms with Gasteiger partial charge in [0.25, 0.3) is 10.0 Å². The molecule has 0 spiro atoms. The minimum atomic E-state index is -4.52. The number of rotatable bonds is 6. The van der Waals surface area contributed by atoms with Crippen molar-refractivity contribution in [2.45, 2.75) is 31.1 Å². The number of alkyl halides is 1. The van der Waals surface area contributed by atoms with Gasteiger partial charge in [0.1, 0.15) is 18.1 Å². The lowest BCUT2D eigenvalue weighted by atomic mass is 10.1. The zero-order chi connectivity index (χ0) is 20.2. The number of amides is 2. The molecule has 27 heavy (non-hydrogen) atoms. The zero-order valence-corrected chi connectivity index (χ0v) is 15.4. The Morgan fingerprint density at radius 2 is 2.04 bits per heavy atom. The van der Waals surface area contributed by atoms with Gasteiger partial charge in [-0.2, -0.15) is 23.4 Å². The summed E-state index contributed by atoms with van der Waals surface area (Å²) in [5, 5.41) is 11.3. The highest BCUT2D eigenvalue weighted by Gasteiger charge is 2.28. The van der Waals surface area contributed by atoms with Crippen LogP contribution >= 0.6 is 0 Å². The van der Waals surface area contributed by atoms with Gasteiger partial charge in [-0.15, -0.1) is 0 Å². The number of carbonyl (C=O) groups excluding carboxylic acids is 1. The van der Waals surface area contributed by atoms with Crippen molar-refractivity contribution in [2.75, 3.05) is 12.4 Å². The third kappa shape index (κ3) is 5.04. The largest absolute Gasteiger partial charge is 0.467 e. The Bertz CT molecular complexity index is 939. The van der Waals surface area contributed by atoms with Gasteiger partial charge in [0.2, 0.25) is 5.95 Å².